The minimum atomic E-state index is -0.330. The third-order valence-corrected chi connectivity index (χ3v) is 3.55. The fourth-order valence-electron chi connectivity index (χ4n) is 1.81. The van der Waals surface area contributed by atoms with Crippen molar-refractivity contribution in [3.63, 3.8) is 0 Å². The van der Waals surface area contributed by atoms with Gasteiger partial charge in [0.05, 0.1) is 25.0 Å². The van der Waals surface area contributed by atoms with E-state index in [1.54, 1.807) is 13.3 Å². The van der Waals surface area contributed by atoms with Crippen molar-refractivity contribution in [2.75, 3.05) is 32.2 Å². The number of halogens is 1. The van der Waals surface area contributed by atoms with Gasteiger partial charge in [0, 0.05) is 20.3 Å². The first-order valence-electron chi connectivity index (χ1n) is 6.73. The Morgan fingerprint density at radius 1 is 1.60 bits per heavy atom. The molecular weight excluding hydrogens is 282 g/mol. The van der Waals surface area contributed by atoms with Crippen molar-refractivity contribution in [2.45, 2.75) is 26.3 Å². The number of hydrogen-bond donors (Lipinski definition) is 2. The van der Waals surface area contributed by atoms with E-state index in [0.717, 1.165) is 12.8 Å². The van der Waals surface area contributed by atoms with Crippen LogP contribution in [0.15, 0.2) is 11.0 Å². The Kier molecular flexibility index (Phi) is 7.58. The summed E-state index contributed by atoms with van der Waals surface area (Å²) in [7, 11) is 1.56. The Balaban J connectivity index is 2.72. The van der Waals surface area contributed by atoms with E-state index < -0.39 is 0 Å². The smallest absolute Gasteiger partial charge is 0.287 e. The van der Waals surface area contributed by atoms with Crippen molar-refractivity contribution >= 4 is 17.3 Å². The number of ether oxygens (including phenoxy) is 1. The molecule has 1 atom stereocenters. The minimum absolute atomic E-state index is 0.134. The molecule has 1 aromatic heterocycles. The Hall–Kier alpha value is -1.11. The lowest BCUT2D eigenvalue weighted by Crippen LogP contribution is -2.26. The van der Waals surface area contributed by atoms with Crippen LogP contribution in [0.2, 0.25) is 5.02 Å². The number of rotatable bonds is 9. The molecule has 0 aromatic carbocycles. The van der Waals surface area contributed by atoms with Crippen molar-refractivity contribution < 1.29 is 9.84 Å². The van der Waals surface area contributed by atoms with Crippen LogP contribution in [0.1, 0.15) is 19.8 Å². The van der Waals surface area contributed by atoms with Gasteiger partial charge in [-0.2, -0.15) is 5.10 Å². The van der Waals surface area contributed by atoms with E-state index in [1.807, 2.05) is 0 Å². The summed E-state index contributed by atoms with van der Waals surface area (Å²) < 4.78 is 6.19. The summed E-state index contributed by atoms with van der Waals surface area (Å²) >= 11 is 6.05. The Bertz CT molecular complexity index is 465. The van der Waals surface area contributed by atoms with Gasteiger partial charge in [-0.1, -0.05) is 24.9 Å². The van der Waals surface area contributed by atoms with Crippen molar-refractivity contribution in [1.29, 1.82) is 0 Å². The molecule has 1 aromatic rings. The predicted molar refractivity (Wildman–Crippen MR) is 79.4 cm³/mol. The van der Waals surface area contributed by atoms with E-state index in [2.05, 4.69) is 17.3 Å². The fraction of sp³-hybridized carbons (Fsp3) is 0.692. The molecule has 1 heterocycles. The van der Waals surface area contributed by atoms with Gasteiger partial charge in [0.25, 0.3) is 5.56 Å². The maximum Gasteiger partial charge on any atom is 0.287 e. The topological polar surface area (TPSA) is 76.4 Å². The van der Waals surface area contributed by atoms with Crippen molar-refractivity contribution in [3.8, 4) is 0 Å². The molecule has 1 unspecified atom stereocenters. The highest BCUT2D eigenvalue weighted by Gasteiger charge is 2.11. The lowest BCUT2D eigenvalue weighted by Gasteiger charge is -2.16. The molecule has 6 nitrogen and oxygen atoms in total. The van der Waals surface area contributed by atoms with E-state index in [-0.39, 0.29) is 17.2 Å². The Labute approximate surface area is 123 Å². The second-order valence-electron chi connectivity index (χ2n) is 4.56. The molecule has 20 heavy (non-hydrogen) atoms. The van der Waals surface area contributed by atoms with E-state index in [1.165, 1.54) is 4.68 Å². The van der Waals surface area contributed by atoms with Crippen molar-refractivity contribution in [3.05, 3.63) is 21.6 Å². The van der Waals surface area contributed by atoms with E-state index in [4.69, 9.17) is 21.4 Å². The van der Waals surface area contributed by atoms with Crippen LogP contribution >= 0.6 is 11.6 Å². The third kappa shape index (κ3) is 4.77. The maximum atomic E-state index is 12.0. The molecule has 0 aliphatic carbocycles. The molecule has 1 rings (SSSR count). The van der Waals surface area contributed by atoms with E-state index >= 15 is 0 Å². The number of nitrogens with one attached hydrogen (secondary N) is 1. The van der Waals surface area contributed by atoms with Gasteiger partial charge in [-0.3, -0.25) is 4.79 Å². The molecule has 0 saturated heterocycles. The SMILES string of the molecule is CCC(CCO)CNc1cnn(CCOC)c(=O)c1Cl. The summed E-state index contributed by atoms with van der Waals surface area (Å²) in [5, 5.41) is 16.3. The molecule has 0 aliphatic rings. The first kappa shape index (κ1) is 16.9. The van der Waals surface area contributed by atoms with Crippen LogP contribution in [0, 0.1) is 5.92 Å². The van der Waals surface area contributed by atoms with Crippen LogP contribution < -0.4 is 10.9 Å². The molecular formula is C13H22ClN3O3. The number of aliphatic hydroxyl groups is 1. The third-order valence-electron chi connectivity index (χ3n) is 3.19. The number of hydrogen-bond acceptors (Lipinski definition) is 5. The number of anilines is 1. The lowest BCUT2D eigenvalue weighted by atomic mass is 10.0. The van der Waals surface area contributed by atoms with Gasteiger partial charge in [0.2, 0.25) is 0 Å². The highest BCUT2D eigenvalue weighted by Crippen LogP contribution is 2.17. The minimum Gasteiger partial charge on any atom is -0.396 e. The fourth-order valence-corrected chi connectivity index (χ4v) is 2.03. The molecule has 2 N–H and O–H groups in total. The van der Waals surface area contributed by atoms with E-state index in [9.17, 15) is 4.79 Å². The number of methoxy groups -OCH3 is 1. The molecule has 7 heteroatoms. The quantitative estimate of drug-likeness (QED) is 0.720. The standard InChI is InChI=1S/C13H22ClN3O3/c1-3-10(4-6-18)8-15-11-9-16-17(5-7-20-2)13(19)12(11)14/h9-10,15,18H,3-8H2,1-2H3. The van der Waals surface area contributed by atoms with Gasteiger partial charge in [-0.05, 0) is 12.3 Å². The average molecular weight is 304 g/mol. The van der Waals surface area contributed by atoms with Crippen LogP contribution in [0.4, 0.5) is 5.69 Å². The molecule has 114 valence electrons. The number of nitrogens with zero attached hydrogens (tertiary/aromatic N) is 2. The largest absolute Gasteiger partial charge is 0.396 e. The first-order chi connectivity index (χ1) is 9.63. The number of aromatic nitrogens is 2. The summed E-state index contributed by atoms with van der Waals surface area (Å²) in [5.41, 5.74) is 0.200. The van der Waals surface area contributed by atoms with Crippen LogP contribution in [0.25, 0.3) is 0 Å². The van der Waals surface area contributed by atoms with Crippen molar-refractivity contribution in [2.24, 2.45) is 5.92 Å². The highest BCUT2D eigenvalue weighted by atomic mass is 35.5. The van der Waals surface area contributed by atoms with E-state index in [0.29, 0.717) is 31.3 Å². The maximum absolute atomic E-state index is 12.0. The first-order valence-corrected chi connectivity index (χ1v) is 7.11. The molecule has 0 fully saturated rings. The summed E-state index contributed by atoms with van der Waals surface area (Å²) in [6.07, 6.45) is 3.22. The average Bonchev–Trinajstić information content (AvgIpc) is 2.46. The molecule has 0 saturated carbocycles. The summed E-state index contributed by atoms with van der Waals surface area (Å²) in [6, 6.07) is 0. The van der Waals surface area contributed by atoms with Gasteiger partial charge >= 0.3 is 0 Å². The van der Waals surface area contributed by atoms with Gasteiger partial charge in [-0.25, -0.2) is 4.68 Å². The summed E-state index contributed by atoms with van der Waals surface area (Å²) in [5.74, 6) is 0.340. The summed E-state index contributed by atoms with van der Waals surface area (Å²) in [4.78, 5) is 12.0. The van der Waals surface area contributed by atoms with Crippen LogP contribution in [-0.4, -0.2) is 41.8 Å². The van der Waals surface area contributed by atoms with Crippen LogP contribution in [0.5, 0.6) is 0 Å². The Morgan fingerprint density at radius 3 is 2.95 bits per heavy atom. The van der Waals surface area contributed by atoms with Crippen LogP contribution in [0.3, 0.4) is 0 Å². The zero-order chi connectivity index (χ0) is 15.0. The monoisotopic (exact) mass is 303 g/mol. The van der Waals surface area contributed by atoms with Gasteiger partial charge in [-0.15, -0.1) is 0 Å². The molecule has 0 spiro atoms. The number of aliphatic hydroxyl groups excluding tert-OH is 1. The normalized spacial score (nSPS) is 12.4. The van der Waals surface area contributed by atoms with Crippen molar-refractivity contribution in [1.82, 2.24) is 9.78 Å². The molecule has 0 amide bonds. The Morgan fingerprint density at radius 2 is 2.35 bits per heavy atom. The predicted octanol–water partition coefficient (Wildman–Crippen LogP) is 1.36. The second kappa shape index (κ2) is 8.94. The highest BCUT2D eigenvalue weighted by molar-refractivity contribution is 6.32. The zero-order valence-electron chi connectivity index (χ0n) is 11.9. The van der Waals surface area contributed by atoms with Crippen LogP contribution in [-0.2, 0) is 11.3 Å². The second-order valence-corrected chi connectivity index (χ2v) is 4.94. The van der Waals surface area contributed by atoms with Gasteiger partial charge in [0.15, 0.2) is 0 Å². The zero-order valence-corrected chi connectivity index (χ0v) is 12.7. The lowest BCUT2D eigenvalue weighted by molar-refractivity contribution is 0.182. The van der Waals surface area contributed by atoms with Gasteiger partial charge in [0.1, 0.15) is 5.02 Å². The summed E-state index contributed by atoms with van der Waals surface area (Å²) in [6.45, 7) is 3.65. The molecule has 0 bridgehead atoms. The molecule has 0 radical (unpaired) electrons. The van der Waals surface area contributed by atoms with Gasteiger partial charge < -0.3 is 15.2 Å². The molecule has 0 aliphatic heterocycles.